The van der Waals surface area contributed by atoms with Crippen LogP contribution in [0.2, 0.25) is 0 Å². The number of likely N-dealkylation sites (tertiary alicyclic amines) is 1. The first kappa shape index (κ1) is 26.6. The van der Waals surface area contributed by atoms with Crippen molar-refractivity contribution in [3.63, 3.8) is 0 Å². The molecule has 1 fully saturated rings. The molecule has 0 spiro atoms. The average Bonchev–Trinajstić information content (AvgIpc) is 2.90. The van der Waals surface area contributed by atoms with E-state index in [-0.39, 0.29) is 28.6 Å². The number of Topliss-reactive ketones (excluding diaryl/α,β-unsaturated/α-hetero) is 1. The number of hydrogen-bond acceptors (Lipinski definition) is 6. The number of β-amino-alcohol motifs (C(OH)–C–C–N with tert-alkyl or cyclic N) is 1. The van der Waals surface area contributed by atoms with Crippen LogP contribution in [0, 0.1) is 18.3 Å². The highest BCUT2D eigenvalue weighted by molar-refractivity contribution is 6.05. The SMILES string of the molecule is C#Cc1c(/C=C\C)cc2ccccc2c1/C=C/C1Oc2c(c(O)cc(O)c2C2CCN(C)CC2O)C(=O)C1C. The second-order valence-corrected chi connectivity index (χ2v) is 10.5. The average molecular weight is 524 g/mol. The number of ketones is 1. The molecule has 2 aliphatic heterocycles. The standard InChI is InChI=1S/C33H33NO5/c1-5-9-20-16-21-10-7-8-11-23(21)24(22(20)6-2)12-13-29-19(3)32(38)31-27(36)17-26(35)30(33(31)39-29)25-14-15-34(4)18-28(25)37/h2,5,7-13,16-17,19,25,28-29,35-37H,14-15,18H2,1,3-4H3/b9-5-,13-12+. The molecule has 0 amide bonds. The van der Waals surface area contributed by atoms with Gasteiger partial charge in [-0.3, -0.25) is 4.79 Å². The molecule has 5 rings (SSSR count). The van der Waals surface area contributed by atoms with Crippen molar-refractivity contribution in [3.8, 4) is 29.6 Å². The maximum absolute atomic E-state index is 13.5. The molecule has 0 saturated carbocycles. The van der Waals surface area contributed by atoms with Crippen LogP contribution < -0.4 is 4.74 Å². The van der Waals surface area contributed by atoms with Gasteiger partial charge in [-0.2, -0.15) is 0 Å². The van der Waals surface area contributed by atoms with Gasteiger partial charge in [0.2, 0.25) is 0 Å². The van der Waals surface area contributed by atoms with Gasteiger partial charge >= 0.3 is 0 Å². The van der Waals surface area contributed by atoms with E-state index in [0.717, 1.165) is 34.0 Å². The van der Waals surface area contributed by atoms with E-state index in [0.29, 0.717) is 18.5 Å². The van der Waals surface area contributed by atoms with E-state index < -0.39 is 24.0 Å². The van der Waals surface area contributed by atoms with Crippen molar-refractivity contribution in [2.75, 3.05) is 20.1 Å². The van der Waals surface area contributed by atoms with E-state index in [1.165, 1.54) is 6.07 Å². The molecule has 0 radical (unpaired) electrons. The van der Waals surface area contributed by atoms with E-state index in [1.54, 1.807) is 6.92 Å². The summed E-state index contributed by atoms with van der Waals surface area (Å²) < 4.78 is 6.40. The summed E-state index contributed by atoms with van der Waals surface area (Å²) in [5, 5.41) is 34.4. The zero-order chi connectivity index (χ0) is 27.8. The number of fused-ring (bicyclic) bond motifs is 2. The first-order chi connectivity index (χ1) is 18.7. The van der Waals surface area contributed by atoms with Gasteiger partial charge in [0.05, 0.1) is 12.0 Å². The predicted molar refractivity (Wildman–Crippen MR) is 154 cm³/mol. The first-order valence-electron chi connectivity index (χ1n) is 13.2. The van der Waals surface area contributed by atoms with Crippen molar-refractivity contribution in [2.24, 2.45) is 5.92 Å². The van der Waals surface area contributed by atoms with Crippen molar-refractivity contribution in [1.82, 2.24) is 4.90 Å². The summed E-state index contributed by atoms with van der Waals surface area (Å²) in [4.78, 5) is 15.6. The van der Waals surface area contributed by atoms with Crippen LogP contribution in [-0.4, -0.2) is 58.3 Å². The zero-order valence-corrected chi connectivity index (χ0v) is 22.4. The highest BCUT2D eigenvalue weighted by Crippen LogP contribution is 2.49. The molecule has 200 valence electrons. The summed E-state index contributed by atoms with van der Waals surface area (Å²) in [6.45, 7) is 4.84. The number of carbonyl (C=O) groups is 1. The number of likely N-dealkylation sites (N-methyl/N-ethyl adjacent to an activating group) is 1. The molecule has 4 atom stereocenters. The van der Waals surface area contributed by atoms with E-state index in [9.17, 15) is 20.1 Å². The number of aliphatic hydroxyl groups is 1. The van der Waals surface area contributed by atoms with Crippen LogP contribution >= 0.6 is 0 Å². The quantitative estimate of drug-likeness (QED) is 0.400. The lowest BCUT2D eigenvalue weighted by Crippen LogP contribution is -2.41. The smallest absolute Gasteiger partial charge is 0.177 e. The monoisotopic (exact) mass is 523 g/mol. The molecule has 6 nitrogen and oxygen atoms in total. The van der Waals surface area contributed by atoms with Crippen molar-refractivity contribution in [3.05, 3.63) is 76.4 Å². The molecular weight excluding hydrogens is 490 g/mol. The number of allylic oxidation sites excluding steroid dienone is 1. The third-order valence-corrected chi connectivity index (χ3v) is 7.90. The molecule has 2 heterocycles. The number of piperidine rings is 1. The minimum atomic E-state index is -0.755. The predicted octanol–water partition coefficient (Wildman–Crippen LogP) is 5.34. The minimum Gasteiger partial charge on any atom is -0.507 e. The number of ether oxygens (including phenoxy) is 1. The number of nitrogens with zero attached hydrogens (tertiary/aromatic N) is 1. The van der Waals surface area contributed by atoms with Gasteiger partial charge in [0.15, 0.2) is 5.78 Å². The molecular formula is C33H33NO5. The number of terminal acetylenes is 1. The third kappa shape index (κ3) is 4.69. The van der Waals surface area contributed by atoms with Crippen molar-refractivity contribution >= 4 is 28.7 Å². The highest BCUT2D eigenvalue weighted by Gasteiger charge is 2.41. The Labute approximate surface area is 228 Å². The number of phenols is 2. The number of phenolic OH excluding ortho intramolecular Hbond substituents is 2. The van der Waals surface area contributed by atoms with Crippen LogP contribution in [0.25, 0.3) is 22.9 Å². The van der Waals surface area contributed by atoms with E-state index >= 15 is 0 Å². The van der Waals surface area contributed by atoms with Crippen molar-refractivity contribution in [2.45, 2.75) is 38.4 Å². The fraction of sp³-hybridized carbons (Fsp3) is 0.303. The van der Waals surface area contributed by atoms with E-state index in [1.807, 2.05) is 67.4 Å². The lowest BCUT2D eigenvalue weighted by Gasteiger charge is -2.37. The fourth-order valence-electron chi connectivity index (χ4n) is 5.85. The molecule has 39 heavy (non-hydrogen) atoms. The molecule has 3 aromatic carbocycles. The van der Waals surface area contributed by atoms with Gasteiger partial charge < -0.3 is 25.0 Å². The maximum atomic E-state index is 13.5. The Hall–Kier alpha value is -4.05. The van der Waals surface area contributed by atoms with Gasteiger partial charge in [0, 0.05) is 29.7 Å². The van der Waals surface area contributed by atoms with Crippen LogP contribution in [0.4, 0.5) is 0 Å². The van der Waals surface area contributed by atoms with Crippen LogP contribution in [0.15, 0.2) is 48.6 Å². The fourth-order valence-corrected chi connectivity index (χ4v) is 5.85. The van der Waals surface area contributed by atoms with Gasteiger partial charge in [0.25, 0.3) is 0 Å². The summed E-state index contributed by atoms with van der Waals surface area (Å²) in [7, 11) is 1.92. The molecule has 6 heteroatoms. The minimum absolute atomic E-state index is 0.0518. The molecule has 0 bridgehead atoms. The Morgan fingerprint density at radius 1 is 1.15 bits per heavy atom. The van der Waals surface area contributed by atoms with Crippen LogP contribution in [0.3, 0.4) is 0 Å². The van der Waals surface area contributed by atoms with Gasteiger partial charge in [0.1, 0.15) is 28.9 Å². The van der Waals surface area contributed by atoms with E-state index in [2.05, 4.69) is 12.0 Å². The summed E-state index contributed by atoms with van der Waals surface area (Å²) in [6.07, 6.45) is 12.7. The van der Waals surface area contributed by atoms with Gasteiger partial charge in [-0.15, -0.1) is 6.42 Å². The molecule has 0 aromatic heterocycles. The molecule has 2 aliphatic rings. The zero-order valence-electron chi connectivity index (χ0n) is 22.4. The number of hydrogen-bond donors (Lipinski definition) is 3. The molecule has 0 aliphatic carbocycles. The Balaban J connectivity index is 1.61. The van der Waals surface area contributed by atoms with Crippen molar-refractivity contribution < 1.29 is 24.9 Å². The van der Waals surface area contributed by atoms with Crippen molar-refractivity contribution in [1.29, 1.82) is 0 Å². The summed E-state index contributed by atoms with van der Waals surface area (Å²) in [5.74, 6) is 1.14. The summed E-state index contributed by atoms with van der Waals surface area (Å²) in [5.41, 5.74) is 2.93. The van der Waals surface area contributed by atoms with Gasteiger partial charge in [-0.1, -0.05) is 55.3 Å². The maximum Gasteiger partial charge on any atom is 0.177 e. The lowest BCUT2D eigenvalue weighted by molar-refractivity contribution is 0.0585. The summed E-state index contributed by atoms with van der Waals surface area (Å²) in [6, 6.07) is 11.2. The summed E-state index contributed by atoms with van der Waals surface area (Å²) >= 11 is 0. The lowest BCUT2D eigenvalue weighted by atomic mass is 9.81. The second kappa shape index (κ2) is 10.6. The second-order valence-electron chi connectivity index (χ2n) is 10.5. The number of carbonyl (C=O) groups excluding carboxylic acids is 1. The number of rotatable bonds is 4. The largest absolute Gasteiger partial charge is 0.507 e. The topological polar surface area (TPSA) is 90.2 Å². The number of benzene rings is 3. The van der Waals surface area contributed by atoms with Crippen LogP contribution in [0.5, 0.6) is 17.2 Å². The van der Waals surface area contributed by atoms with Crippen LogP contribution in [-0.2, 0) is 0 Å². The van der Waals surface area contributed by atoms with E-state index in [4.69, 9.17) is 11.2 Å². The highest BCUT2D eigenvalue weighted by atomic mass is 16.5. The Kier molecular flexibility index (Phi) is 7.22. The first-order valence-corrected chi connectivity index (χ1v) is 13.2. The molecule has 1 saturated heterocycles. The Morgan fingerprint density at radius 3 is 2.64 bits per heavy atom. The molecule has 4 unspecified atom stereocenters. The number of aliphatic hydroxyl groups excluding tert-OH is 1. The molecule has 3 N–H and O–H groups in total. The van der Waals surface area contributed by atoms with Gasteiger partial charge in [-0.05, 0) is 61.0 Å². The normalized spacial score (nSPS) is 23.7. The number of aromatic hydroxyl groups is 2. The third-order valence-electron chi connectivity index (χ3n) is 7.90. The molecule has 3 aromatic rings. The van der Waals surface area contributed by atoms with Crippen LogP contribution in [0.1, 0.15) is 58.8 Å². The Bertz CT molecular complexity index is 1550. The Morgan fingerprint density at radius 2 is 1.92 bits per heavy atom. The van der Waals surface area contributed by atoms with Gasteiger partial charge in [-0.25, -0.2) is 0 Å².